The van der Waals surface area contributed by atoms with E-state index in [9.17, 15) is 0 Å². The summed E-state index contributed by atoms with van der Waals surface area (Å²) in [7, 11) is 3.64. The second kappa shape index (κ2) is 7.17. The van der Waals surface area contributed by atoms with Crippen LogP contribution in [-0.2, 0) is 11.8 Å². The van der Waals surface area contributed by atoms with E-state index in [1.165, 1.54) is 0 Å². The summed E-state index contributed by atoms with van der Waals surface area (Å²) in [4.78, 5) is 0. The lowest BCUT2D eigenvalue weighted by atomic mass is 9.99. The minimum absolute atomic E-state index is 0.0300. The number of hydrogen-bond acceptors (Lipinski definition) is 4. The molecule has 0 spiro atoms. The predicted molar refractivity (Wildman–Crippen MR) is 78.2 cm³/mol. The fourth-order valence-corrected chi connectivity index (χ4v) is 2.35. The monoisotopic (exact) mass is 274 g/mol. The summed E-state index contributed by atoms with van der Waals surface area (Å²) >= 11 is 0. The van der Waals surface area contributed by atoms with Gasteiger partial charge in [0.25, 0.3) is 0 Å². The lowest BCUT2D eigenvalue weighted by molar-refractivity contribution is 0.0649. The van der Waals surface area contributed by atoms with Crippen molar-refractivity contribution >= 4 is 0 Å². The zero-order valence-corrected chi connectivity index (χ0v) is 12.3. The summed E-state index contributed by atoms with van der Waals surface area (Å²) in [6.07, 6.45) is 2.79. The molecule has 1 aromatic carbocycles. The van der Waals surface area contributed by atoms with Gasteiger partial charge in [0.2, 0.25) is 0 Å². The quantitative estimate of drug-likeness (QED) is 0.841. The number of ether oxygens (including phenoxy) is 1. The van der Waals surface area contributed by atoms with E-state index in [0.29, 0.717) is 0 Å². The minimum Gasteiger partial charge on any atom is -0.375 e. The average Bonchev–Trinajstić information content (AvgIpc) is 2.90. The zero-order chi connectivity index (χ0) is 14.4. The van der Waals surface area contributed by atoms with Gasteiger partial charge < -0.3 is 10.1 Å². The third-order valence-electron chi connectivity index (χ3n) is 3.37. The van der Waals surface area contributed by atoms with Gasteiger partial charge in [0.1, 0.15) is 6.10 Å². The maximum absolute atomic E-state index is 5.74. The maximum atomic E-state index is 5.74. The van der Waals surface area contributed by atoms with Crippen molar-refractivity contribution in [2.45, 2.75) is 25.5 Å². The Morgan fingerprint density at radius 3 is 2.60 bits per heavy atom. The fraction of sp³-hybridized carbons (Fsp3) is 0.467. The van der Waals surface area contributed by atoms with Gasteiger partial charge in [-0.05, 0) is 18.5 Å². The van der Waals surface area contributed by atoms with Crippen molar-refractivity contribution in [1.29, 1.82) is 0 Å². The molecule has 1 heterocycles. The van der Waals surface area contributed by atoms with Gasteiger partial charge in [0, 0.05) is 14.2 Å². The van der Waals surface area contributed by atoms with Gasteiger partial charge >= 0.3 is 0 Å². The van der Waals surface area contributed by atoms with Gasteiger partial charge in [-0.15, -0.1) is 5.10 Å². The van der Waals surface area contributed by atoms with Crippen LogP contribution in [-0.4, -0.2) is 28.6 Å². The number of aromatic nitrogens is 3. The molecule has 0 saturated carbocycles. The molecule has 0 aliphatic carbocycles. The summed E-state index contributed by atoms with van der Waals surface area (Å²) in [6.45, 7) is 3.07. The summed E-state index contributed by atoms with van der Waals surface area (Å²) in [5.41, 5.74) is 2.17. The lowest BCUT2D eigenvalue weighted by Crippen LogP contribution is -2.30. The van der Waals surface area contributed by atoms with Crippen LogP contribution in [0.5, 0.6) is 0 Å². The molecule has 0 aliphatic heterocycles. The molecular formula is C15H22N4O. The minimum atomic E-state index is -0.0695. The van der Waals surface area contributed by atoms with Crippen molar-refractivity contribution in [3.63, 3.8) is 0 Å². The smallest absolute Gasteiger partial charge is 0.103 e. The Kier molecular flexibility index (Phi) is 5.26. The van der Waals surface area contributed by atoms with E-state index < -0.39 is 0 Å². The second-order valence-electron chi connectivity index (χ2n) is 4.78. The van der Waals surface area contributed by atoms with Crippen LogP contribution in [0.4, 0.5) is 0 Å². The van der Waals surface area contributed by atoms with Crippen molar-refractivity contribution in [2.75, 3.05) is 13.7 Å². The molecule has 0 aliphatic rings. The summed E-state index contributed by atoms with van der Waals surface area (Å²) in [6, 6.07) is 10.3. The Morgan fingerprint density at radius 2 is 2.05 bits per heavy atom. The van der Waals surface area contributed by atoms with E-state index >= 15 is 0 Å². The first-order chi connectivity index (χ1) is 9.77. The molecule has 5 nitrogen and oxygen atoms in total. The van der Waals surface area contributed by atoms with Crippen LogP contribution in [0.2, 0.25) is 0 Å². The largest absolute Gasteiger partial charge is 0.375 e. The van der Waals surface area contributed by atoms with Crippen LogP contribution in [0.25, 0.3) is 0 Å². The highest BCUT2D eigenvalue weighted by Crippen LogP contribution is 2.30. The molecule has 20 heavy (non-hydrogen) atoms. The summed E-state index contributed by atoms with van der Waals surface area (Å²) in [5, 5.41) is 11.5. The van der Waals surface area contributed by atoms with Gasteiger partial charge in [-0.25, -0.2) is 0 Å². The molecular weight excluding hydrogens is 252 g/mol. The molecule has 0 saturated heterocycles. The Labute approximate surface area is 120 Å². The molecule has 1 N–H and O–H groups in total. The van der Waals surface area contributed by atoms with Crippen molar-refractivity contribution in [3.8, 4) is 0 Å². The van der Waals surface area contributed by atoms with Crippen LogP contribution in [0.1, 0.15) is 36.7 Å². The number of methoxy groups -OCH3 is 1. The molecule has 2 aromatic rings. The molecule has 2 rings (SSSR count). The van der Waals surface area contributed by atoms with Crippen LogP contribution in [0, 0.1) is 0 Å². The lowest BCUT2D eigenvalue weighted by Gasteiger charge is -2.27. The Bertz CT molecular complexity index is 512. The highest BCUT2D eigenvalue weighted by molar-refractivity contribution is 5.22. The Hall–Kier alpha value is -1.72. The van der Waals surface area contributed by atoms with Gasteiger partial charge in [-0.2, -0.15) is 0 Å². The van der Waals surface area contributed by atoms with Crippen molar-refractivity contribution < 1.29 is 4.74 Å². The van der Waals surface area contributed by atoms with E-state index in [1.807, 2.05) is 25.2 Å². The van der Waals surface area contributed by atoms with Crippen LogP contribution in [0.3, 0.4) is 0 Å². The van der Waals surface area contributed by atoms with E-state index in [1.54, 1.807) is 18.0 Å². The first kappa shape index (κ1) is 14.7. The third-order valence-corrected chi connectivity index (χ3v) is 3.37. The molecule has 0 radical (unpaired) electrons. The molecule has 108 valence electrons. The fourth-order valence-electron chi connectivity index (χ4n) is 2.35. The van der Waals surface area contributed by atoms with Gasteiger partial charge in [0.15, 0.2) is 0 Å². The van der Waals surface area contributed by atoms with Crippen LogP contribution in [0.15, 0.2) is 36.5 Å². The molecule has 2 unspecified atom stereocenters. The third kappa shape index (κ3) is 3.23. The summed E-state index contributed by atoms with van der Waals surface area (Å²) in [5.74, 6) is 0. The number of benzene rings is 1. The van der Waals surface area contributed by atoms with E-state index in [0.717, 1.165) is 24.2 Å². The highest BCUT2D eigenvalue weighted by atomic mass is 16.5. The maximum Gasteiger partial charge on any atom is 0.103 e. The molecule has 0 bridgehead atoms. The topological polar surface area (TPSA) is 52.0 Å². The summed E-state index contributed by atoms with van der Waals surface area (Å²) < 4.78 is 7.54. The zero-order valence-electron chi connectivity index (χ0n) is 12.3. The van der Waals surface area contributed by atoms with Gasteiger partial charge in [0.05, 0.1) is 17.9 Å². The Morgan fingerprint density at radius 1 is 1.30 bits per heavy atom. The van der Waals surface area contributed by atoms with Gasteiger partial charge in [-0.3, -0.25) is 4.68 Å². The molecule has 2 atom stereocenters. The number of nitrogens with zero attached hydrogens (tertiary/aromatic N) is 3. The SMILES string of the molecule is CCCNC(c1cnnn1C)C(OC)c1ccccc1. The van der Waals surface area contributed by atoms with E-state index in [4.69, 9.17) is 4.74 Å². The number of nitrogens with one attached hydrogen (secondary N) is 1. The molecule has 5 heteroatoms. The Balaban J connectivity index is 2.31. The molecule has 0 amide bonds. The molecule has 1 aromatic heterocycles. The average molecular weight is 274 g/mol. The molecule has 0 fully saturated rings. The highest BCUT2D eigenvalue weighted by Gasteiger charge is 2.26. The predicted octanol–water partition coefficient (Wildman–Crippen LogP) is 2.24. The van der Waals surface area contributed by atoms with Crippen molar-refractivity contribution in [2.24, 2.45) is 7.05 Å². The van der Waals surface area contributed by atoms with E-state index in [-0.39, 0.29) is 12.1 Å². The second-order valence-corrected chi connectivity index (χ2v) is 4.78. The van der Waals surface area contributed by atoms with Gasteiger partial charge in [-0.1, -0.05) is 42.5 Å². The number of aryl methyl sites for hydroxylation is 1. The standard InChI is InChI=1S/C15H22N4O/c1-4-10-16-14(13-11-17-18-19(13)2)15(20-3)12-8-6-5-7-9-12/h5-9,11,14-16H,4,10H2,1-3H3. The number of hydrogen-bond donors (Lipinski definition) is 1. The normalized spacial score (nSPS) is 14.2. The van der Waals surface area contributed by atoms with Crippen LogP contribution >= 0.6 is 0 Å². The van der Waals surface area contributed by atoms with Crippen LogP contribution < -0.4 is 5.32 Å². The van der Waals surface area contributed by atoms with E-state index in [2.05, 4.69) is 34.7 Å². The van der Waals surface area contributed by atoms with Crippen molar-refractivity contribution in [1.82, 2.24) is 20.3 Å². The first-order valence-electron chi connectivity index (χ1n) is 6.93. The first-order valence-corrected chi connectivity index (χ1v) is 6.93. The number of rotatable bonds is 7. The van der Waals surface area contributed by atoms with Crippen molar-refractivity contribution in [3.05, 3.63) is 47.8 Å².